The summed E-state index contributed by atoms with van der Waals surface area (Å²) in [6.45, 7) is 0.804. The Hall–Kier alpha value is -1.28. The van der Waals surface area contributed by atoms with E-state index in [4.69, 9.17) is 0 Å². The molecular formula is C14H17FN2O2S2. The zero-order valence-electron chi connectivity index (χ0n) is 11.6. The molecule has 1 aromatic carbocycles. The van der Waals surface area contributed by atoms with Crippen LogP contribution in [0.15, 0.2) is 40.6 Å². The van der Waals surface area contributed by atoms with E-state index in [1.807, 2.05) is 0 Å². The average molecular weight is 328 g/mol. The highest BCUT2D eigenvalue weighted by Crippen LogP contribution is 2.21. The van der Waals surface area contributed by atoms with E-state index in [-0.39, 0.29) is 16.6 Å². The second-order valence-electron chi connectivity index (χ2n) is 4.49. The van der Waals surface area contributed by atoms with Crippen molar-refractivity contribution in [2.24, 2.45) is 0 Å². The first-order valence-electron chi connectivity index (χ1n) is 6.49. The molecule has 0 spiro atoms. The summed E-state index contributed by atoms with van der Waals surface area (Å²) in [5.41, 5.74) is 0.502. The van der Waals surface area contributed by atoms with Crippen LogP contribution in [-0.4, -0.2) is 22.0 Å². The molecule has 114 valence electrons. The van der Waals surface area contributed by atoms with Crippen molar-refractivity contribution >= 4 is 21.4 Å². The van der Waals surface area contributed by atoms with E-state index in [1.165, 1.54) is 17.4 Å². The molecule has 0 aliphatic carbocycles. The maximum absolute atomic E-state index is 13.4. The summed E-state index contributed by atoms with van der Waals surface area (Å²) in [4.78, 5) is 0.951. The topological polar surface area (TPSA) is 58.2 Å². The Balaban J connectivity index is 1.96. The predicted molar refractivity (Wildman–Crippen MR) is 82.4 cm³/mol. The summed E-state index contributed by atoms with van der Waals surface area (Å²) in [5, 5.41) is 2.97. The number of hydrogen-bond acceptors (Lipinski definition) is 4. The zero-order chi connectivity index (χ0) is 15.3. The third kappa shape index (κ3) is 4.34. The predicted octanol–water partition coefficient (Wildman–Crippen LogP) is 2.13. The third-order valence-electron chi connectivity index (χ3n) is 2.90. The summed E-state index contributed by atoms with van der Waals surface area (Å²) < 4.78 is 40.4. The first-order chi connectivity index (χ1) is 10.0. The van der Waals surface area contributed by atoms with Gasteiger partial charge in [0, 0.05) is 18.0 Å². The molecular weight excluding hydrogens is 311 g/mol. The summed E-state index contributed by atoms with van der Waals surface area (Å²) in [5.74, 6) is -0.316. The van der Waals surface area contributed by atoms with Gasteiger partial charge in [0.05, 0.1) is 0 Å². The summed E-state index contributed by atoms with van der Waals surface area (Å²) in [6.07, 6.45) is 0.320. The second kappa shape index (κ2) is 7.13. The molecule has 0 atom stereocenters. The molecule has 0 unspecified atom stereocenters. The number of nitrogens with one attached hydrogen (secondary N) is 2. The lowest BCUT2D eigenvalue weighted by atomic mass is 10.1. The molecule has 0 aliphatic rings. The van der Waals surface area contributed by atoms with E-state index in [1.54, 1.807) is 37.4 Å². The highest BCUT2D eigenvalue weighted by atomic mass is 32.2. The van der Waals surface area contributed by atoms with E-state index in [0.29, 0.717) is 18.5 Å². The van der Waals surface area contributed by atoms with Crippen molar-refractivity contribution in [2.45, 2.75) is 17.2 Å². The molecule has 0 saturated carbocycles. The van der Waals surface area contributed by atoms with Crippen molar-refractivity contribution in [3.8, 4) is 0 Å². The van der Waals surface area contributed by atoms with Gasteiger partial charge in [0.15, 0.2) is 0 Å². The van der Waals surface area contributed by atoms with Crippen molar-refractivity contribution in [1.82, 2.24) is 10.0 Å². The lowest BCUT2D eigenvalue weighted by molar-refractivity contribution is 0.579. The van der Waals surface area contributed by atoms with Crippen LogP contribution >= 0.6 is 11.3 Å². The first kappa shape index (κ1) is 16.1. The molecule has 0 amide bonds. The van der Waals surface area contributed by atoms with Crippen molar-refractivity contribution in [2.75, 3.05) is 13.6 Å². The molecule has 7 heteroatoms. The molecule has 2 N–H and O–H groups in total. The van der Waals surface area contributed by atoms with Gasteiger partial charge in [-0.25, -0.2) is 17.5 Å². The number of sulfonamides is 1. The van der Waals surface area contributed by atoms with Crippen molar-refractivity contribution < 1.29 is 12.8 Å². The van der Waals surface area contributed by atoms with Crippen LogP contribution in [0.2, 0.25) is 0 Å². The van der Waals surface area contributed by atoms with E-state index >= 15 is 0 Å². The fraction of sp³-hybridized carbons (Fsp3) is 0.286. The van der Waals surface area contributed by atoms with Gasteiger partial charge in [-0.3, -0.25) is 0 Å². The van der Waals surface area contributed by atoms with Crippen molar-refractivity contribution in [1.29, 1.82) is 0 Å². The standard InChI is InChI=1S/C14H17FN2O2S2/c1-16-10-12-6-7-14(20-12)21(18,19)17-9-8-11-4-2-3-5-13(11)15/h2-7,16-17H,8-10H2,1H3. The fourth-order valence-corrected chi connectivity index (χ4v) is 4.31. The minimum atomic E-state index is -3.52. The number of thiophene rings is 1. The molecule has 0 aliphatic heterocycles. The zero-order valence-corrected chi connectivity index (χ0v) is 13.2. The Labute approximate surface area is 128 Å². The molecule has 2 aromatic rings. The number of hydrogen-bond donors (Lipinski definition) is 2. The van der Waals surface area contributed by atoms with Crippen LogP contribution in [0.5, 0.6) is 0 Å². The molecule has 0 radical (unpaired) electrons. The molecule has 1 heterocycles. The second-order valence-corrected chi connectivity index (χ2v) is 7.65. The molecule has 2 rings (SSSR count). The van der Waals surface area contributed by atoms with Gasteiger partial charge in [0.1, 0.15) is 10.0 Å². The number of halogens is 1. The van der Waals surface area contributed by atoms with Gasteiger partial charge in [-0.15, -0.1) is 11.3 Å². The monoisotopic (exact) mass is 328 g/mol. The summed E-state index contributed by atoms with van der Waals surface area (Å²) >= 11 is 1.23. The molecule has 21 heavy (non-hydrogen) atoms. The first-order valence-corrected chi connectivity index (χ1v) is 8.79. The summed E-state index contributed by atoms with van der Waals surface area (Å²) in [6, 6.07) is 9.73. The average Bonchev–Trinajstić information content (AvgIpc) is 2.91. The van der Waals surface area contributed by atoms with Gasteiger partial charge in [-0.05, 0) is 37.2 Å². The largest absolute Gasteiger partial charge is 0.315 e. The van der Waals surface area contributed by atoms with Gasteiger partial charge in [-0.2, -0.15) is 0 Å². The smallest absolute Gasteiger partial charge is 0.250 e. The Morgan fingerprint density at radius 2 is 1.95 bits per heavy atom. The van der Waals surface area contributed by atoms with Crippen LogP contribution in [0.1, 0.15) is 10.4 Å². The minimum absolute atomic E-state index is 0.169. The van der Waals surface area contributed by atoms with Gasteiger partial charge in [-0.1, -0.05) is 18.2 Å². The van der Waals surface area contributed by atoms with Crippen LogP contribution in [0.25, 0.3) is 0 Å². The van der Waals surface area contributed by atoms with E-state index in [2.05, 4.69) is 10.0 Å². The fourth-order valence-electron chi connectivity index (χ4n) is 1.86. The van der Waals surface area contributed by atoms with E-state index in [9.17, 15) is 12.8 Å². The van der Waals surface area contributed by atoms with Crippen LogP contribution in [0.3, 0.4) is 0 Å². The quantitative estimate of drug-likeness (QED) is 0.818. The number of rotatable bonds is 7. The van der Waals surface area contributed by atoms with Crippen LogP contribution in [0, 0.1) is 5.82 Å². The molecule has 0 bridgehead atoms. The van der Waals surface area contributed by atoms with Crippen LogP contribution < -0.4 is 10.0 Å². The number of benzene rings is 1. The van der Waals surface area contributed by atoms with Gasteiger partial charge < -0.3 is 5.32 Å². The lowest BCUT2D eigenvalue weighted by Gasteiger charge is -2.05. The SMILES string of the molecule is CNCc1ccc(S(=O)(=O)NCCc2ccccc2F)s1. The summed E-state index contributed by atoms with van der Waals surface area (Å²) in [7, 11) is -1.72. The Morgan fingerprint density at radius 3 is 2.67 bits per heavy atom. The van der Waals surface area contributed by atoms with Gasteiger partial charge in [0.25, 0.3) is 0 Å². The maximum Gasteiger partial charge on any atom is 0.250 e. The van der Waals surface area contributed by atoms with Gasteiger partial charge in [0.2, 0.25) is 10.0 Å². The van der Waals surface area contributed by atoms with Crippen LogP contribution in [-0.2, 0) is 23.0 Å². The van der Waals surface area contributed by atoms with E-state index < -0.39 is 10.0 Å². The van der Waals surface area contributed by atoms with Gasteiger partial charge >= 0.3 is 0 Å². The van der Waals surface area contributed by atoms with Crippen molar-refractivity contribution in [3.05, 3.63) is 52.7 Å². The Bertz CT molecular complexity index is 699. The molecule has 1 aromatic heterocycles. The Morgan fingerprint density at radius 1 is 1.19 bits per heavy atom. The molecule has 0 saturated heterocycles. The highest BCUT2D eigenvalue weighted by Gasteiger charge is 2.16. The highest BCUT2D eigenvalue weighted by molar-refractivity contribution is 7.91. The van der Waals surface area contributed by atoms with Crippen LogP contribution in [0.4, 0.5) is 4.39 Å². The minimum Gasteiger partial charge on any atom is -0.315 e. The normalized spacial score (nSPS) is 11.7. The molecule has 4 nitrogen and oxygen atoms in total. The Kier molecular flexibility index (Phi) is 5.46. The van der Waals surface area contributed by atoms with E-state index in [0.717, 1.165) is 4.88 Å². The third-order valence-corrected chi connectivity index (χ3v) is 5.94. The lowest BCUT2D eigenvalue weighted by Crippen LogP contribution is -2.25. The molecule has 0 fully saturated rings. The van der Waals surface area contributed by atoms with Crippen molar-refractivity contribution in [3.63, 3.8) is 0 Å². The maximum atomic E-state index is 13.4.